The summed E-state index contributed by atoms with van der Waals surface area (Å²) in [5, 5.41) is 5.09. The van der Waals surface area contributed by atoms with E-state index in [4.69, 9.17) is 15.0 Å². The van der Waals surface area contributed by atoms with E-state index in [2.05, 4.69) is 125 Å². The Morgan fingerprint density at radius 2 is 0.786 bits per heavy atom. The number of hydrogen-bond donors (Lipinski definition) is 0. The summed E-state index contributed by atoms with van der Waals surface area (Å²) in [5.41, 5.74) is 9.08. The number of benzene rings is 7. The molecular weight excluding hydrogens is 723 g/mol. The first-order valence-electron chi connectivity index (χ1n) is 18.4. The molecule has 0 saturated heterocycles. The molecule has 4 aromatic heterocycles. The van der Waals surface area contributed by atoms with Crippen LogP contribution in [0.5, 0.6) is 0 Å². The lowest BCUT2D eigenvalue weighted by molar-refractivity contribution is 1.07. The molecule has 262 valence electrons. The Balaban J connectivity index is 1.11. The van der Waals surface area contributed by atoms with Crippen LogP contribution in [0.1, 0.15) is 0 Å². The van der Waals surface area contributed by atoms with Gasteiger partial charge in [-0.05, 0) is 82.9 Å². The summed E-state index contributed by atoms with van der Waals surface area (Å²) >= 11 is 3.67. The first-order valence-corrected chi connectivity index (χ1v) is 20.0. The van der Waals surface area contributed by atoms with E-state index in [1.165, 1.54) is 40.3 Å². The lowest BCUT2D eigenvalue weighted by atomic mass is 9.94. The van der Waals surface area contributed by atoms with Crippen LogP contribution in [0.15, 0.2) is 176 Å². The van der Waals surface area contributed by atoms with Crippen molar-refractivity contribution in [2.24, 2.45) is 0 Å². The third-order valence-corrected chi connectivity index (χ3v) is 12.6. The second-order valence-corrected chi connectivity index (χ2v) is 15.9. The third-order valence-electron chi connectivity index (χ3n) is 10.3. The zero-order valence-corrected chi connectivity index (χ0v) is 31.4. The van der Waals surface area contributed by atoms with Crippen molar-refractivity contribution in [2.45, 2.75) is 0 Å². The second kappa shape index (κ2) is 13.4. The maximum absolute atomic E-state index is 5.19. The second-order valence-electron chi connectivity index (χ2n) is 13.8. The monoisotopic (exact) mass is 751 g/mol. The molecule has 0 spiro atoms. The largest absolute Gasteiger partial charge is 0.245 e. The number of aromatic nitrogens is 5. The molecule has 4 heterocycles. The summed E-state index contributed by atoms with van der Waals surface area (Å²) < 4.78 is 5.14. The Kier molecular flexibility index (Phi) is 7.79. The molecule has 0 saturated carbocycles. The molecule has 0 atom stereocenters. The average molecular weight is 752 g/mol. The molecule has 11 rings (SSSR count). The fourth-order valence-corrected chi connectivity index (χ4v) is 9.68. The van der Waals surface area contributed by atoms with Crippen LogP contribution < -0.4 is 0 Å². The maximum atomic E-state index is 5.19. The van der Waals surface area contributed by atoms with Gasteiger partial charge < -0.3 is 0 Å². The molecule has 0 N–H and O–H groups in total. The van der Waals surface area contributed by atoms with Crippen LogP contribution in [-0.2, 0) is 0 Å². The minimum Gasteiger partial charge on any atom is -0.245 e. The molecule has 0 aliphatic carbocycles. The molecule has 56 heavy (non-hydrogen) atoms. The van der Waals surface area contributed by atoms with Crippen molar-refractivity contribution in [1.29, 1.82) is 0 Å². The molecule has 0 unspecified atom stereocenters. The van der Waals surface area contributed by atoms with E-state index < -0.39 is 0 Å². The molecule has 0 radical (unpaired) electrons. The first-order chi connectivity index (χ1) is 27.7. The summed E-state index contributed by atoms with van der Waals surface area (Å²) in [4.78, 5) is 23.9. The Hall–Kier alpha value is -6.93. The van der Waals surface area contributed by atoms with E-state index in [9.17, 15) is 0 Å². The third kappa shape index (κ3) is 5.82. The smallest absolute Gasteiger partial charge is 0.164 e. The van der Waals surface area contributed by atoms with Gasteiger partial charge in [0.15, 0.2) is 17.5 Å². The Labute approximate surface area is 330 Å². The van der Waals surface area contributed by atoms with Crippen LogP contribution in [0.4, 0.5) is 0 Å². The van der Waals surface area contributed by atoms with E-state index in [1.54, 1.807) is 12.5 Å². The minimum absolute atomic E-state index is 0.604. The van der Waals surface area contributed by atoms with Crippen molar-refractivity contribution in [2.75, 3.05) is 0 Å². The van der Waals surface area contributed by atoms with E-state index >= 15 is 0 Å². The van der Waals surface area contributed by atoms with Gasteiger partial charge >= 0.3 is 0 Å². The van der Waals surface area contributed by atoms with Crippen LogP contribution in [0.2, 0.25) is 0 Å². The predicted octanol–water partition coefficient (Wildman–Crippen LogP) is 13.4. The highest BCUT2D eigenvalue weighted by Gasteiger charge is 2.17. The van der Waals surface area contributed by atoms with Gasteiger partial charge in [0.25, 0.3) is 0 Å². The number of nitrogens with zero attached hydrogens (tertiary/aromatic N) is 5. The number of rotatable bonds is 6. The quantitative estimate of drug-likeness (QED) is 0.169. The summed E-state index contributed by atoms with van der Waals surface area (Å²) in [6.07, 6.45) is 3.32. The SMILES string of the molecule is c1ccc(-c2nc(-c3ccc(-c4ccncn4)cc3)nc(-c3cc(-c4ccc5sc6ccccc6c5c4)cc(-c4ccc5sc6ccccc6c5c4)c3)n2)cc1. The van der Waals surface area contributed by atoms with Gasteiger partial charge in [-0.15, -0.1) is 22.7 Å². The van der Waals surface area contributed by atoms with Crippen LogP contribution in [-0.4, -0.2) is 24.9 Å². The lowest BCUT2D eigenvalue weighted by Crippen LogP contribution is -2.00. The van der Waals surface area contributed by atoms with Crippen LogP contribution in [0.25, 0.3) is 108 Å². The molecule has 0 amide bonds. The minimum atomic E-state index is 0.604. The van der Waals surface area contributed by atoms with Crippen molar-refractivity contribution in [3.05, 3.63) is 176 Å². The fourth-order valence-electron chi connectivity index (χ4n) is 7.50. The molecular formula is C49H29N5S2. The summed E-state index contributed by atoms with van der Waals surface area (Å²) in [5.74, 6) is 1.84. The van der Waals surface area contributed by atoms with Gasteiger partial charge in [0.2, 0.25) is 0 Å². The van der Waals surface area contributed by atoms with Crippen LogP contribution in [0.3, 0.4) is 0 Å². The lowest BCUT2D eigenvalue weighted by Gasteiger charge is -2.13. The number of thiophene rings is 2. The topological polar surface area (TPSA) is 64.5 Å². The van der Waals surface area contributed by atoms with Crippen molar-refractivity contribution in [1.82, 2.24) is 24.9 Å². The van der Waals surface area contributed by atoms with Gasteiger partial charge in [0, 0.05) is 68.8 Å². The van der Waals surface area contributed by atoms with Gasteiger partial charge in [-0.1, -0.05) is 103 Å². The molecule has 7 aromatic carbocycles. The van der Waals surface area contributed by atoms with Gasteiger partial charge in [0.05, 0.1) is 5.69 Å². The highest BCUT2D eigenvalue weighted by Crippen LogP contribution is 2.41. The van der Waals surface area contributed by atoms with E-state index in [-0.39, 0.29) is 0 Å². The zero-order chi connectivity index (χ0) is 37.0. The van der Waals surface area contributed by atoms with Crippen molar-refractivity contribution >= 4 is 63.0 Å². The van der Waals surface area contributed by atoms with Crippen molar-refractivity contribution in [3.63, 3.8) is 0 Å². The Bertz CT molecular complexity index is 3110. The Morgan fingerprint density at radius 3 is 1.36 bits per heavy atom. The van der Waals surface area contributed by atoms with Crippen molar-refractivity contribution < 1.29 is 0 Å². The Morgan fingerprint density at radius 1 is 0.321 bits per heavy atom. The molecule has 5 nitrogen and oxygen atoms in total. The summed E-state index contributed by atoms with van der Waals surface area (Å²) in [6, 6.07) is 58.0. The fraction of sp³-hybridized carbons (Fsp3) is 0. The molecule has 0 bridgehead atoms. The van der Waals surface area contributed by atoms with Crippen molar-refractivity contribution in [3.8, 4) is 67.7 Å². The molecule has 0 fully saturated rings. The predicted molar refractivity (Wildman–Crippen MR) is 234 cm³/mol. The number of fused-ring (bicyclic) bond motifs is 6. The highest BCUT2D eigenvalue weighted by molar-refractivity contribution is 7.26. The zero-order valence-electron chi connectivity index (χ0n) is 29.8. The van der Waals surface area contributed by atoms with Crippen LogP contribution >= 0.6 is 22.7 Å². The number of hydrogen-bond acceptors (Lipinski definition) is 7. The highest BCUT2D eigenvalue weighted by atomic mass is 32.1. The molecule has 7 heteroatoms. The van der Waals surface area contributed by atoms with Gasteiger partial charge in [-0.3, -0.25) is 0 Å². The molecule has 0 aliphatic heterocycles. The van der Waals surface area contributed by atoms with E-state index in [1.807, 2.05) is 71.2 Å². The van der Waals surface area contributed by atoms with E-state index in [0.717, 1.165) is 50.2 Å². The average Bonchev–Trinajstić information content (AvgIpc) is 3.84. The maximum Gasteiger partial charge on any atom is 0.164 e. The van der Waals surface area contributed by atoms with E-state index in [0.29, 0.717) is 17.5 Å². The summed E-state index contributed by atoms with van der Waals surface area (Å²) in [6.45, 7) is 0. The normalized spacial score (nSPS) is 11.6. The first kappa shape index (κ1) is 32.5. The van der Waals surface area contributed by atoms with Gasteiger partial charge in [0.1, 0.15) is 6.33 Å². The van der Waals surface area contributed by atoms with Gasteiger partial charge in [-0.25, -0.2) is 24.9 Å². The summed E-state index contributed by atoms with van der Waals surface area (Å²) in [7, 11) is 0. The van der Waals surface area contributed by atoms with Gasteiger partial charge in [-0.2, -0.15) is 0 Å². The van der Waals surface area contributed by atoms with Crippen LogP contribution in [0, 0.1) is 0 Å². The standard InChI is InChI=1S/C49H29N5S2/c1-2-8-31(9-3-1)47-52-48(32-16-14-30(15-17-32)42-22-23-50-29-51-42)54-49(53-47)37-25-35(33-18-20-45-40(27-33)38-10-4-6-12-43(38)55-45)24-36(26-37)34-19-21-46-41(28-34)39-11-5-7-13-44(39)56-46/h1-29H. The molecule has 11 aromatic rings. The molecule has 0 aliphatic rings.